The van der Waals surface area contributed by atoms with E-state index in [1.54, 1.807) is 11.8 Å². The first-order valence-corrected chi connectivity index (χ1v) is 9.02. The lowest BCUT2D eigenvalue weighted by Crippen LogP contribution is -2.57. The molecule has 5 nitrogen and oxygen atoms in total. The summed E-state index contributed by atoms with van der Waals surface area (Å²) in [5, 5.41) is 10.7. The number of rotatable bonds is 5. The van der Waals surface area contributed by atoms with Gasteiger partial charge < -0.3 is 20.5 Å². The van der Waals surface area contributed by atoms with E-state index in [0.717, 1.165) is 12.0 Å². The van der Waals surface area contributed by atoms with E-state index in [1.165, 1.54) is 0 Å². The zero-order valence-corrected chi connectivity index (χ0v) is 15.1. The van der Waals surface area contributed by atoms with Gasteiger partial charge in [0, 0.05) is 12.1 Å². The van der Waals surface area contributed by atoms with Gasteiger partial charge in [-0.3, -0.25) is 4.79 Å². The van der Waals surface area contributed by atoms with Crippen LogP contribution < -0.4 is 10.5 Å². The molecule has 1 amide bonds. The molecule has 0 aromatic heterocycles. The fourth-order valence-electron chi connectivity index (χ4n) is 3.19. The first-order chi connectivity index (χ1) is 12.5. The van der Waals surface area contributed by atoms with Crippen molar-refractivity contribution in [2.75, 3.05) is 19.6 Å². The Morgan fingerprint density at radius 1 is 1.23 bits per heavy atom. The van der Waals surface area contributed by atoms with E-state index in [4.69, 9.17) is 10.5 Å². The average molecular weight is 354 g/mol. The molecule has 0 radical (unpaired) electrons. The number of piperidine rings is 1. The first kappa shape index (κ1) is 18.4. The molecule has 2 aromatic carbocycles. The van der Waals surface area contributed by atoms with Gasteiger partial charge in [-0.2, -0.15) is 0 Å². The SMILES string of the molecule is C[C@@]1(O)CCN(C(=O)c2ccc(CCN)cc2)C[C@H]1Oc1ccccc1. The smallest absolute Gasteiger partial charge is 0.253 e. The summed E-state index contributed by atoms with van der Waals surface area (Å²) < 4.78 is 5.98. The van der Waals surface area contributed by atoms with Gasteiger partial charge in [0.15, 0.2) is 0 Å². The van der Waals surface area contributed by atoms with Crippen molar-refractivity contribution >= 4 is 5.91 Å². The minimum Gasteiger partial charge on any atom is -0.486 e. The third-order valence-electron chi connectivity index (χ3n) is 4.91. The molecule has 0 spiro atoms. The van der Waals surface area contributed by atoms with E-state index in [1.807, 2.05) is 54.6 Å². The molecular formula is C21H26N2O3. The van der Waals surface area contributed by atoms with Crippen molar-refractivity contribution in [3.63, 3.8) is 0 Å². The van der Waals surface area contributed by atoms with Crippen molar-refractivity contribution in [2.24, 2.45) is 5.73 Å². The number of nitrogens with two attached hydrogens (primary N) is 1. The molecule has 2 atom stereocenters. The van der Waals surface area contributed by atoms with Gasteiger partial charge in [-0.1, -0.05) is 30.3 Å². The van der Waals surface area contributed by atoms with E-state index in [9.17, 15) is 9.90 Å². The van der Waals surface area contributed by atoms with Crippen LogP contribution in [0.15, 0.2) is 54.6 Å². The quantitative estimate of drug-likeness (QED) is 0.863. The summed E-state index contributed by atoms with van der Waals surface area (Å²) in [7, 11) is 0. The predicted octanol–water partition coefficient (Wildman–Crippen LogP) is 2.23. The van der Waals surface area contributed by atoms with Crippen LogP contribution in [-0.4, -0.2) is 47.3 Å². The second-order valence-electron chi connectivity index (χ2n) is 7.01. The van der Waals surface area contributed by atoms with Gasteiger partial charge in [0.1, 0.15) is 17.5 Å². The minimum atomic E-state index is -0.975. The van der Waals surface area contributed by atoms with Gasteiger partial charge >= 0.3 is 0 Å². The summed E-state index contributed by atoms with van der Waals surface area (Å²) in [5.74, 6) is 0.652. The van der Waals surface area contributed by atoms with Crippen LogP contribution in [0.5, 0.6) is 5.75 Å². The Morgan fingerprint density at radius 3 is 2.58 bits per heavy atom. The fourth-order valence-corrected chi connectivity index (χ4v) is 3.19. The molecule has 1 aliphatic rings. The highest BCUT2D eigenvalue weighted by atomic mass is 16.5. The molecule has 0 saturated carbocycles. The highest BCUT2D eigenvalue weighted by molar-refractivity contribution is 5.94. The summed E-state index contributed by atoms with van der Waals surface area (Å²) in [4.78, 5) is 14.6. The van der Waals surface area contributed by atoms with Crippen LogP contribution >= 0.6 is 0 Å². The lowest BCUT2D eigenvalue weighted by Gasteiger charge is -2.42. The van der Waals surface area contributed by atoms with E-state index < -0.39 is 11.7 Å². The molecule has 3 N–H and O–H groups in total. The molecule has 1 saturated heterocycles. The first-order valence-electron chi connectivity index (χ1n) is 9.02. The number of carbonyl (C=O) groups is 1. The van der Waals surface area contributed by atoms with Crippen molar-refractivity contribution in [1.29, 1.82) is 0 Å². The maximum absolute atomic E-state index is 12.8. The standard InChI is InChI=1S/C21H26N2O3/c1-21(25)12-14-23(15-19(21)26-18-5-3-2-4-6-18)20(24)17-9-7-16(8-10-17)11-13-22/h2-10,19,25H,11-15,22H2,1H3/t19-,21-/m1/s1. The molecule has 138 valence electrons. The van der Waals surface area contributed by atoms with Crippen LogP contribution in [0.1, 0.15) is 29.3 Å². The molecule has 0 bridgehead atoms. The maximum atomic E-state index is 12.8. The monoisotopic (exact) mass is 354 g/mol. The number of carbonyl (C=O) groups excluding carboxylic acids is 1. The average Bonchev–Trinajstić information content (AvgIpc) is 2.65. The van der Waals surface area contributed by atoms with Crippen LogP contribution in [0.2, 0.25) is 0 Å². The summed E-state index contributed by atoms with van der Waals surface area (Å²) in [6, 6.07) is 17.0. The van der Waals surface area contributed by atoms with Crippen LogP contribution in [0.4, 0.5) is 0 Å². The molecule has 2 aromatic rings. The second-order valence-corrected chi connectivity index (χ2v) is 7.01. The Bertz CT molecular complexity index is 729. The van der Waals surface area contributed by atoms with Gasteiger partial charge in [-0.25, -0.2) is 0 Å². The number of ether oxygens (including phenoxy) is 1. The number of benzene rings is 2. The molecule has 3 rings (SSSR count). The van der Waals surface area contributed by atoms with Crippen LogP contribution in [0, 0.1) is 0 Å². The third-order valence-corrected chi connectivity index (χ3v) is 4.91. The van der Waals surface area contributed by atoms with Gasteiger partial charge in [0.2, 0.25) is 0 Å². The second kappa shape index (κ2) is 7.89. The molecular weight excluding hydrogens is 328 g/mol. The molecule has 1 aliphatic heterocycles. The predicted molar refractivity (Wildman–Crippen MR) is 101 cm³/mol. The lowest BCUT2D eigenvalue weighted by atomic mass is 9.90. The summed E-state index contributed by atoms with van der Waals surface area (Å²) in [6.07, 6.45) is 0.800. The van der Waals surface area contributed by atoms with Crippen LogP contribution in [0.25, 0.3) is 0 Å². The molecule has 1 fully saturated rings. The van der Waals surface area contributed by atoms with Crippen LogP contribution in [0.3, 0.4) is 0 Å². The van der Waals surface area contributed by atoms with Crippen molar-refractivity contribution in [3.8, 4) is 5.75 Å². The van der Waals surface area contributed by atoms with Crippen LogP contribution in [-0.2, 0) is 6.42 Å². The Kier molecular flexibility index (Phi) is 5.59. The zero-order chi connectivity index (χ0) is 18.6. The van der Waals surface area contributed by atoms with E-state index in [-0.39, 0.29) is 5.91 Å². The molecule has 0 unspecified atom stereocenters. The lowest BCUT2D eigenvalue weighted by molar-refractivity contribution is -0.0881. The summed E-state index contributed by atoms with van der Waals surface area (Å²) in [6.45, 7) is 3.22. The molecule has 1 heterocycles. The number of hydrogen-bond acceptors (Lipinski definition) is 4. The summed E-state index contributed by atoms with van der Waals surface area (Å²) >= 11 is 0. The minimum absolute atomic E-state index is 0.0403. The van der Waals surface area contributed by atoms with Gasteiger partial charge in [0.25, 0.3) is 5.91 Å². The van der Waals surface area contributed by atoms with E-state index in [0.29, 0.717) is 37.4 Å². The van der Waals surface area contributed by atoms with Gasteiger partial charge in [-0.15, -0.1) is 0 Å². The number of likely N-dealkylation sites (tertiary alicyclic amines) is 1. The van der Waals surface area contributed by atoms with E-state index >= 15 is 0 Å². The van der Waals surface area contributed by atoms with Crippen molar-refractivity contribution in [2.45, 2.75) is 31.5 Å². The van der Waals surface area contributed by atoms with Crippen molar-refractivity contribution < 1.29 is 14.6 Å². The maximum Gasteiger partial charge on any atom is 0.253 e. The number of hydrogen-bond donors (Lipinski definition) is 2. The number of aliphatic hydroxyl groups is 1. The Hall–Kier alpha value is -2.37. The van der Waals surface area contributed by atoms with Crippen molar-refractivity contribution in [1.82, 2.24) is 4.90 Å². The number of nitrogens with zero attached hydrogens (tertiary/aromatic N) is 1. The number of amides is 1. The normalized spacial score (nSPS) is 22.9. The zero-order valence-electron chi connectivity index (χ0n) is 15.1. The van der Waals surface area contributed by atoms with Gasteiger partial charge in [0.05, 0.1) is 6.54 Å². The highest BCUT2D eigenvalue weighted by Crippen LogP contribution is 2.27. The molecule has 5 heteroatoms. The van der Waals surface area contributed by atoms with Gasteiger partial charge in [-0.05, 0) is 56.1 Å². The molecule has 26 heavy (non-hydrogen) atoms. The summed E-state index contributed by atoms with van der Waals surface area (Å²) in [5.41, 5.74) is 6.36. The highest BCUT2D eigenvalue weighted by Gasteiger charge is 2.41. The Morgan fingerprint density at radius 2 is 1.92 bits per heavy atom. The van der Waals surface area contributed by atoms with Crippen molar-refractivity contribution in [3.05, 3.63) is 65.7 Å². The Labute approximate surface area is 154 Å². The third kappa shape index (κ3) is 4.23. The topological polar surface area (TPSA) is 75.8 Å². The number of para-hydroxylation sites is 1. The molecule has 0 aliphatic carbocycles. The van der Waals surface area contributed by atoms with E-state index in [2.05, 4.69) is 0 Å². The largest absolute Gasteiger partial charge is 0.486 e. The Balaban J connectivity index is 1.71. The fraction of sp³-hybridized carbons (Fsp3) is 0.381.